The highest BCUT2D eigenvalue weighted by atomic mass is 32.4. The minimum atomic E-state index is -1.38. The van der Waals surface area contributed by atoms with Gasteiger partial charge in [0.25, 0.3) is 0 Å². The van der Waals surface area contributed by atoms with Crippen LogP contribution < -0.4 is 0 Å². The van der Waals surface area contributed by atoms with E-state index in [-0.39, 0.29) is 0 Å². The Morgan fingerprint density at radius 1 is 0.714 bits per heavy atom. The van der Waals surface area contributed by atoms with Gasteiger partial charge in [-0.25, -0.2) is 0 Å². The van der Waals surface area contributed by atoms with Crippen LogP contribution in [0.5, 0.6) is 0 Å². The summed E-state index contributed by atoms with van der Waals surface area (Å²) in [6.07, 6.45) is 5.40. The van der Waals surface area contributed by atoms with Gasteiger partial charge >= 0.3 is 0 Å². The number of hydrogen-bond acceptors (Lipinski definition) is 2. The lowest BCUT2D eigenvalue weighted by Crippen LogP contribution is -2.15. The molecule has 1 aliphatic rings. The number of nitrogens with zero attached hydrogens (tertiary/aromatic N) is 2. The molecule has 80 valence electrons. The third-order valence-electron chi connectivity index (χ3n) is 1.86. The Balaban J connectivity index is 2.82. The summed E-state index contributed by atoms with van der Waals surface area (Å²) in [7, 11) is 0. The van der Waals surface area contributed by atoms with Crippen molar-refractivity contribution in [3.05, 3.63) is 24.8 Å². The lowest BCUT2D eigenvalue weighted by Gasteiger charge is -2.32. The summed E-state index contributed by atoms with van der Waals surface area (Å²) in [5.74, 6) is 0. The summed E-state index contributed by atoms with van der Waals surface area (Å²) >= 11 is 10.9. The van der Waals surface area contributed by atoms with Gasteiger partial charge in [-0.3, -0.25) is 0 Å². The molecule has 0 saturated heterocycles. The van der Waals surface area contributed by atoms with Crippen LogP contribution in [0.1, 0.15) is 0 Å². The number of rotatable bonds is 2. The van der Waals surface area contributed by atoms with Crippen LogP contribution in [0.3, 0.4) is 0 Å². The molecule has 0 unspecified atom stereocenters. The molecule has 0 saturated carbocycles. The third-order valence-corrected chi connectivity index (χ3v) is 5.75. The van der Waals surface area contributed by atoms with Crippen molar-refractivity contribution < 1.29 is 0 Å². The Kier molecular flexibility index (Phi) is 3.64. The summed E-state index contributed by atoms with van der Waals surface area (Å²) in [5, 5.41) is 0. The van der Waals surface area contributed by atoms with Crippen molar-refractivity contribution in [3.8, 4) is 0 Å². The molecule has 6 heteroatoms. The highest BCUT2D eigenvalue weighted by Gasteiger charge is 2.15. The maximum absolute atomic E-state index is 5.44. The molecular weight excluding hydrogens is 250 g/mol. The average molecular weight is 266 g/mol. The van der Waals surface area contributed by atoms with E-state index in [0.717, 1.165) is 0 Å². The SMILES string of the molecule is CP(C)(=S)N1C=CN(P(C)(C)=S)C=C1. The van der Waals surface area contributed by atoms with Gasteiger partial charge in [-0.15, -0.1) is 0 Å². The van der Waals surface area contributed by atoms with E-state index >= 15 is 0 Å². The fourth-order valence-corrected chi connectivity index (χ4v) is 3.19. The Bertz CT molecular complexity index is 316. The van der Waals surface area contributed by atoms with Crippen LogP contribution >= 0.6 is 12.4 Å². The largest absolute Gasteiger partial charge is 0.323 e. The van der Waals surface area contributed by atoms with Gasteiger partial charge in [-0.2, -0.15) is 0 Å². The van der Waals surface area contributed by atoms with Crippen LogP contribution in [0.25, 0.3) is 0 Å². The summed E-state index contributed by atoms with van der Waals surface area (Å²) in [4.78, 5) is 0. The van der Waals surface area contributed by atoms with Gasteiger partial charge in [0.05, 0.1) is 0 Å². The van der Waals surface area contributed by atoms with Crippen molar-refractivity contribution >= 4 is 36.0 Å². The van der Waals surface area contributed by atoms with Gasteiger partial charge in [-0.05, 0) is 26.7 Å². The molecule has 0 bridgehead atoms. The summed E-state index contributed by atoms with van der Waals surface area (Å²) in [6.45, 7) is 8.45. The molecular formula is C8H16N2P2S2. The highest BCUT2D eigenvalue weighted by Crippen LogP contribution is 2.47. The van der Waals surface area contributed by atoms with Crippen LogP contribution in [-0.2, 0) is 23.6 Å². The topological polar surface area (TPSA) is 6.48 Å². The number of hydrogen-bond donors (Lipinski definition) is 0. The second kappa shape index (κ2) is 4.09. The monoisotopic (exact) mass is 266 g/mol. The van der Waals surface area contributed by atoms with Gasteiger partial charge in [-0.1, -0.05) is 23.6 Å². The van der Waals surface area contributed by atoms with Crippen LogP contribution in [-0.4, -0.2) is 36.0 Å². The van der Waals surface area contributed by atoms with Crippen LogP contribution in [0, 0.1) is 0 Å². The second-order valence-electron chi connectivity index (χ2n) is 3.94. The molecule has 0 spiro atoms. The zero-order chi connectivity index (χ0) is 11.0. The fraction of sp³-hybridized carbons (Fsp3) is 0.500. The van der Waals surface area contributed by atoms with Gasteiger partial charge < -0.3 is 9.34 Å². The minimum Gasteiger partial charge on any atom is -0.323 e. The molecule has 0 aromatic rings. The van der Waals surface area contributed by atoms with Crippen molar-refractivity contribution in [1.82, 2.24) is 9.34 Å². The first-order chi connectivity index (χ1) is 6.21. The van der Waals surface area contributed by atoms with Crippen LogP contribution in [0.4, 0.5) is 0 Å². The van der Waals surface area contributed by atoms with Crippen LogP contribution in [0.15, 0.2) is 24.8 Å². The first-order valence-electron chi connectivity index (χ1n) is 4.25. The molecule has 0 aromatic heterocycles. The first-order valence-corrected chi connectivity index (χ1v) is 11.6. The van der Waals surface area contributed by atoms with Crippen molar-refractivity contribution in [2.75, 3.05) is 26.7 Å². The molecule has 1 heterocycles. The minimum absolute atomic E-state index is 1.38. The standard InChI is InChI=1S/C8H16N2P2S2/c1-11(2,13)9-5-7-10(8-6-9)12(3,4)14/h5-8H,1-4H3. The third kappa shape index (κ3) is 3.20. The maximum Gasteiger partial charge on any atom is 0.0345 e. The molecule has 2 nitrogen and oxygen atoms in total. The predicted octanol–water partition coefficient (Wildman–Crippen LogP) is 2.85. The van der Waals surface area contributed by atoms with Crippen molar-refractivity contribution in [3.63, 3.8) is 0 Å². The molecule has 0 aromatic carbocycles. The first kappa shape index (κ1) is 12.4. The zero-order valence-corrected chi connectivity index (χ0v) is 12.3. The van der Waals surface area contributed by atoms with Crippen molar-refractivity contribution in [2.45, 2.75) is 0 Å². The smallest absolute Gasteiger partial charge is 0.0345 e. The van der Waals surface area contributed by atoms with E-state index in [1.807, 2.05) is 24.8 Å². The zero-order valence-electron chi connectivity index (χ0n) is 8.91. The molecule has 0 atom stereocenters. The van der Waals surface area contributed by atoms with Crippen molar-refractivity contribution in [2.24, 2.45) is 0 Å². The van der Waals surface area contributed by atoms with E-state index in [4.69, 9.17) is 23.6 Å². The van der Waals surface area contributed by atoms with Gasteiger partial charge in [0.1, 0.15) is 0 Å². The normalized spacial score (nSPS) is 17.7. The average Bonchev–Trinajstić information content (AvgIpc) is 2.01. The quantitative estimate of drug-likeness (QED) is 0.709. The molecule has 0 amide bonds. The summed E-state index contributed by atoms with van der Waals surface area (Å²) in [5.41, 5.74) is 0. The fourth-order valence-electron chi connectivity index (χ4n) is 1.01. The second-order valence-corrected chi connectivity index (χ2v) is 15.4. The molecule has 14 heavy (non-hydrogen) atoms. The van der Waals surface area contributed by atoms with E-state index in [0.29, 0.717) is 0 Å². The van der Waals surface area contributed by atoms with E-state index < -0.39 is 12.4 Å². The maximum atomic E-state index is 5.44. The Hall–Kier alpha value is 0.380. The summed E-state index contributed by atoms with van der Waals surface area (Å²) < 4.78 is 4.23. The van der Waals surface area contributed by atoms with E-state index in [9.17, 15) is 0 Å². The van der Waals surface area contributed by atoms with E-state index in [1.54, 1.807) is 0 Å². The van der Waals surface area contributed by atoms with Gasteiger partial charge in [0, 0.05) is 37.2 Å². The lowest BCUT2D eigenvalue weighted by atomic mass is 10.7. The van der Waals surface area contributed by atoms with Crippen molar-refractivity contribution in [1.29, 1.82) is 0 Å². The molecule has 0 N–H and O–H groups in total. The van der Waals surface area contributed by atoms with Crippen LogP contribution in [0.2, 0.25) is 0 Å². The van der Waals surface area contributed by atoms with E-state index in [1.165, 1.54) is 0 Å². The molecule has 0 radical (unpaired) electrons. The Morgan fingerprint density at radius 2 is 0.929 bits per heavy atom. The Labute approximate surface area is 96.8 Å². The molecule has 0 fully saturated rings. The summed E-state index contributed by atoms with van der Waals surface area (Å²) in [6, 6.07) is 0. The van der Waals surface area contributed by atoms with Gasteiger partial charge in [0.2, 0.25) is 0 Å². The van der Waals surface area contributed by atoms with Gasteiger partial charge in [0.15, 0.2) is 0 Å². The lowest BCUT2D eigenvalue weighted by molar-refractivity contribution is 0.698. The predicted molar refractivity (Wildman–Crippen MR) is 74.2 cm³/mol. The molecule has 1 aliphatic heterocycles. The highest BCUT2D eigenvalue weighted by molar-refractivity contribution is 8.13. The van der Waals surface area contributed by atoms with E-state index in [2.05, 4.69) is 36.0 Å². The molecule has 0 aliphatic carbocycles. The Morgan fingerprint density at radius 3 is 1.07 bits per heavy atom. The molecule has 1 rings (SSSR count).